The summed E-state index contributed by atoms with van der Waals surface area (Å²) in [7, 11) is -1.58. The Bertz CT molecular complexity index is 728. The molecule has 2 aromatic carbocycles. The number of non-ortho nitro benzene ring substituents is 1. The summed E-state index contributed by atoms with van der Waals surface area (Å²) in [6, 6.07) is 10.4. The van der Waals surface area contributed by atoms with Gasteiger partial charge in [-0.25, -0.2) is 4.79 Å². The largest absolute Gasteiger partial charge is 0.478 e. The van der Waals surface area contributed by atoms with Crippen molar-refractivity contribution in [3.8, 4) is 0 Å². The second-order valence-electron chi connectivity index (χ2n) is 4.39. The fourth-order valence-corrected chi connectivity index (χ4v) is 3.20. The average Bonchev–Trinajstić information content (AvgIpc) is 2.49. The third-order valence-electron chi connectivity index (χ3n) is 2.82. The molecule has 0 aliphatic rings. The van der Waals surface area contributed by atoms with Gasteiger partial charge in [0.2, 0.25) is 0 Å². The van der Waals surface area contributed by atoms with Crippen LogP contribution in [0.1, 0.15) is 15.9 Å². The SMILES string of the molecule is O=C(O)c1cc([N+](=O)[O-])cc(S(=O)Cc2ccc(Br)cc2)c1. The second kappa shape index (κ2) is 6.80. The first kappa shape index (κ1) is 16.3. The maximum absolute atomic E-state index is 12.3. The minimum absolute atomic E-state index is 0.120. The number of carboxylic acid groups (broad SMARTS) is 1. The first-order chi connectivity index (χ1) is 10.4. The molecule has 0 fully saturated rings. The van der Waals surface area contributed by atoms with Gasteiger partial charge in [0.1, 0.15) is 0 Å². The minimum Gasteiger partial charge on any atom is -0.478 e. The highest BCUT2D eigenvalue weighted by Gasteiger charge is 2.17. The third kappa shape index (κ3) is 3.99. The summed E-state index contributed by atoms with van der Waals surface area (Å²) in [6.07, 6.45) is 0. The van der Waals surface area contributed by atoms with Crippen molar-refractivity contribution in [1.82, 2.24) is 0 Å². The van der Waals surface area contributed by atoms with Gasteiger partial charge in [0.25, 0.3) is 5.69 Å². The number of nitrogens with zero attached hydrogens (tertiary/aromatic N) is 1. The molecule has 2 aromatic rings. The van der Waals surface area contributed by atoms with Gasteiger partial charge in [0.05, 0.1) is 27.0 Å². The molecule has 0 bridgehead atoms. The monoisotopic (exact) mass is 383 g/mol. The van der Waals surface area contributed by atoms with Gasteiger partial charge >= 0.3 is 5.97 Å². The Morgan fingerprint density at radius 3 is 2.41 bits per heavy atom. The van der Waals surface area contributed by atoms with Crippen LogP contribution in [-0.2, 0) is 16.6 Å². The van der Waals surface area contributed by atoms with Crippen LogP contribution in [0, 0.1) is 10.1 Å². The Morgan fingerprint density at radius 1 is 1.23 bits per heavy atom. The molecule has 0 aliphatic carbocycles. The predicted molar refractivity (Wildman–Crippen MR) is 84.3 cm³/mol. The van der Waals surface area contributed by atoms with Crippen LogP contribution in [0.4, 0.5) is 5.69 Å². The third-order valence-corrected chi connectivity index (χ3v) is 4.71. The first-order valence-corrected chi connectivity index (χ1v) is 8.13. The lowest BCUT2D eigenvalue weighted by Gasteiger charge is -2.05. The molecule has 0 radical (unpaired) electrons. The van der Waals surface area contributed by atoms with Crippen LogP contribution in [0.3, 0.4) is 0 Å². The van der Waals surface area contributed by atoms with Crippen LogP contribution < -0.4 is 0 Å². The van der Waals surface area contributed by atoms with Crippen molar-refractivity contribution < 1.29 is 19.0 Å². The van der Waals surface area contributed by atoms with Gasteiger partial charge in [-0.1, -0.05) is 28.1 Å². The van der Waals surface area contributed by atoms with Crippen molar-refractivity contribution in [3.63, 3.8) is 0 Å². The molecular weight excluding hydrogens is 374 g/mol. The average molecular weight is 384 g/mol. The van der Waals surface area contributed by atoms with Gasteiger partial charge in [-0.2, -0.15) is 0 Å². The normalized spacial score (nSPS) is 11.9. The Balaban J connectivity index is 2.34. The number of hydrogen-bond acceptors (Lipinski definition) is 4. The second-order valence-corrected chi connectivity index (χ2v) is 6.76. The topological polar surface area (TPSA) is 97.5 Å². The van der Waals surface area contributed by atoms with Crippen molar-refractivity contribution in [1.29, 1.82) is 0 Å². The lowest BCUT2D eigenvalue weighted by atomic mass is 10.2. The Hall–Kier alpha value is -2.06. The first-order valence-electron chi connectivity index (χ1n) is 6.02. The summed E-state index contributed by atoms with van der Waals surface area (Å²) >= 11 is 3.29. The summed E-state index contributed by atoms with van der Waals surface area (Å²) < 4.78 is 13.2. The molecule has 0 spiro atoms. The molecule has 0 saturated carbocycles. The fourth-order valence-electron chi connectivity index (χ4n) is 1.76. The number of carbonyl (C=O) groups is 1. The van der Waals surface area contributed by atoms with Crippen LogP contribution in [0.5, 0.6) is 0 Å². The molecule has 0 heterocycles. The van der Waals surface area contributed by atoms with Crippen molar-refractivity contribution in [2.24, 2.45) is 0 Å². The van der Waals surface area contributed by atoms with E-state index in [0.717, 1.165) is 22.2 Å². The van der Waals surface area contributed by atoms with E-state index in [-0.39, 0.29) is 21.9 Å². The van der Waals surface area contributed by atoms with Gasteiger partial charge in [-0.3, -0.25) is 14.3 Å². The Morgan fingerprint density at radius 2 is 1.86 bits per heavy atom. The molecule has 22 heavy (non-hydrogen) atoms. The lowest BCUT2D eigenvalue weighted by molar-refractivity contribution is -0.385. The van der Waals surface area contributed by atoms with Gasteiger partial charge < -0.3 is 5.11 Å². The molecule has 1 unspecified atom stereocenters. The molecule has 0 amide bonds. The summed E-state index contributed by atoms with van der Waals surface area (Å²) in [6.45, 7) is 0. The molecule has 6 nitrogen and oxygen atoms in total. The molecule has 8 heteroatoms. The number of aromatic carboxylic acids is 1. The number of halogens is 1. The van der Waals surface area contributed by atoms with E-state index in [9.17, 15) is 19.1 Å². The van der Waals surface area contributed by atoms with Gasteiger partial charge in [-0.05, 0) is 23.8 Å². The van der Waals surface area contributed by atoms with Crippen molar-refractivity contribution >= 4 is 38.4 Å². The van der Waals surface area contributed by atoms with Crippen LogP contribution in [0.2, 0.25) is 0 Å². The van der Waals surface area contributed by atoms with Crippen molar-refractivity contribution in [2.75, 3.05) is 0 Å². The molecule has 0 aromatic heterocycles. The zero-order valence-corrected chi connectivity index (χ0v) is 13.5. The lowest BCUT2D eigenvalue weighted by Crippen LogP contribution is -2.03. The predicted octanol–water partition coefficient (Wildman–Crippen LogP) is 3.36. The van der Waals surface area contributed by atoms with Crippen molar-refractivity contribution in [3.05, 3.63) is 68.2 Å². The maximum Gasteiger partial charge on any atom is 0.335 e. The Labute approximate surface area is 136 Å². The van der Waals surface area contributed by atoms with E-state index in [2.05, 4.69) is 15.9 Å². The van der Waals surface area contributed by atoms with Crippen LogP contribution >= 0.6 is 15.9 Å². The quantitative estimate of drug-likeness (QED) is 0.630. The fraction of sp³-hybridized carbons (Fsp3) is 0.0714. The molecule has 1 N–H and O–H groups in total. The summed E-state index contributed by atoms with van der Waals surface area (Å²) in [5, 5.41) is 19.8. The highest BCUT2D eigenvalue weighted by atomic mass is 79.9. The number of hydrogen-bond donors (Lipinski definition) is 1. The van der Waals surface area contributed by atoms with Gasteiger partial charge in [0.15, 0.2) is 0 Å². The van der Waals surface area contributed by atoms with E-state index in [1.807, 2.05) is 0 Å². The molecular formula is C14H10BrNO5S. The molecule has 0 aliphatic heterocycles. The van der Waals surface area contributed by atoms with Crippen molar-refractivity contribution in [2.45, 2.75) is 10.6 Å². The van der Waals surface area contributed by atoms with E-state index in [1.54, 1.807) is 24.3 Å². The summed E-state index contributed by atoms with van der Waals surface area (Å²) in [4.78, 5) is 21.3. The Kier molecular flexibility index (Phi) is 5.04. The molecule has 0 saturated heterocycles. The number of carboxylic acids is 1. The van der Waals surface area contributed by atoms with E-state index in [4.69, 9.17) is 5.11 Å². The van der Waals surface area contributed by atoms with Crippen LogP contribution in [-0.4, -0.2) is 20.2 Å². The molecule has 1 atom stereocenters. The number of benzene rings is 2. The minimum atomic E-state index is -1.58. The van der Waals surface area contributed by atoms with E-state index in [0.29, 0.717) is 0 Å². The van der Waals surface area contributed by atoms with E-state index >= 15 is 0 Å². The standard InChI is InChI=1S/C14H10BrNO5S/c15-11-3-1-9(2-4-11)8-22(21)13-6-10(14(17)18)5-12(7-13)16(19)20/h1-7H,8H2,(H,17,18). The number of nitro benzene ring substituents is 1. The zero-order chi connectivity index (χ0) is 16.3. The number of nitro groups is 1. The van der Waals surface area contributed by atoms with Gasteiger partial charge in [0, 0.05) is 21.5 Å². The van der Waals surface area contributed by atoms with Gasteiger partial charge in [-0.15, -0.1) is 0 Å². The van der Waals surface area contributed by atoms with Crippen LogP contribution in [0.25, 0.3) is 0 Å². The summed E-state index contributed by atoms with van der Waals surface area (Å²) in [5.74, 6) is -1.15. The zero-order valence-electron chi connectivity index (χ0n) is 11.1. The highest BCUT2D eigenvalue weighted by molar-refractivity contribution is 9.10. The molecule has 114 valence electrons. The smallest absolute Gasteiger partial charge is 0.335 e. The highest BCUT2D eigenvalue weighted by Crippen LogP contribution is 2.22. The maximum atomic E-state index is 12.3. The van der Waals surface area contributed by atoms with E-state index in [1.165, 1.54) is 6.07 Å². The van der Waals surface area contributed by atoms with E-state index < -0.39 is 21.7 Å². The van der Waals surface area contributed by atoms with Crippen LogP contribution in [0.15, 0.2) is 51.8 Å². The summed E-state index contributed by atoms with van der Waals surface area (Å²) in [5.41, 5.74) is 0.136. The number of rotatable bonds is 5. The molecule has 2 rings (SSSR count).